The van der Waals surface area contributed by atoms with Gasteiger partial charge in [-0.2, -0.15) is 0 Å². The molecule has 4 heteroatoms. The van der Waals surface area contributed by atoms with Crippen LogP contribution < -0.4 is 5.32 Å². The Labute approximate surface area is 207 Å². The normalized spacial score (nSPS) is 53.6. The number of aliphatic hydroxyl groups is 1. The zero-order valence-electron chi connectivity index (χ0n) is 22.5. The number of amides is 1. The fourth-order valence-electron chi connectivity index (χ4n) is 11.6. The first-order chi connectivity index (χ1) is 15.7. The maximum absolute atomic E-state index is 11.9. The van der Waals surface area contributed by atoms with Crippen LogP contribution in [0.25, 0.3) is 0 Å². The molecule has 5 aliphatic carbocycles. The molecule has 10 atom stereocenters. The molecule has 0 aromatic rings. The smallest absolute Gasteiger partial charge is 0.405 e. The third kappa shape index (κ3) is 2.96. The molecule has 0 radical (unpaired) electrons. The number of fused-ring (bicyclic) bond motifs is 7. The molecule has 5 aliphatic rings. The predicted octanol–water partition coefficient (Wildman–Crippen LogP) is 7.02. The fraction of sp³-hybridized carbons (Fsp3) is 0.900. The molecule has 0 bridgehead atoms. The summed E-state index contributed by atoms with van der Waals surface area (Å²) in [5.41, 5.74) is 1.71. The maximum Gasteiger partial charge on any atom is 0.405 e. The van der Waals surface area contributed by atoms with E-state index < -0.39 is 6.09 Å². The highest BCUT2D eigenvalue weighted by atomic mass is 16.4. The van der Waals surface area contributed by atoms with Gasteiger partial charge in [-0.3, -0.25) is 0 Å². The van der Waals surface area contributed by atoms with Gasteiger partial charge < -0.3 is 15.5 Å². The van der Waals surface area contributed by atoms with E-state index in [-0.39, 0.29) is 33.3 Å². The maximum atomic E-state index is 11.9. The Hall–Kier alpha value is -1.03. The lowest BCUT2D eigenvalue weighted by Gasteiger charge is -2.73. The van der Waals surface area contributed by atoms with Crippen molar-refractivity contribution < 1.29 is 15.0 Å². The molecular formula is C30H49NO3. The predicted molar refractivity (Wildman–Crippen MR) is 136 cm³/mol. The van der Waals surface area contributed by atoms with E-state index >= 15 is 0 Å². The van der Waals surface area contributed by atoms with Gasteiger partial charge in [-0.05, 0) is 122 Å². The summed E-state index contributed by atoms with van der Waals surface area (Å²) in [6.07, 6.45) is 10.1. The average molecular weight is 472 g/mol. The van der Waals surface area contributed by atoms with Gasteiger partial charge in [-0.15, -0.1) is 0 Å². The molecular weight excluding hydrogens is 422 g/mol. The van der Waals surface area contributed by atoms with Crippen molar-refractivity contribution in [2.75, 3.05) is 0 Å². The Morgan fingerprint density at radius 3 is 2.21 bits per heavy atom. The number of carboxylic acid groups (broad SMARTS) is 1. The fourth-order valence-corrected chi connectivity index (χ4v) is 11.6. The van der Waals surface area contributed by atoms with Crippen LogP contribution in [0.15, 0.2) is 12.2 Å². The summed E-state index contributed by atoms with van der Waals surface area (Å²) in [6.45, 7) is 19.0. The number of rotatable bonds is 2. The van der Waals surface area contributed by atoms with Crippen LogP contribution in [0.2, 0.25) is 0 Å². The van der Waals surface area contributed by atoms with Crippen LogP contribution in [0.1, 0.15) is 106 Å². The molecule has 5 fully saturated rings. The average Bonchev–Trinajstić information content (AvgIpc) is 3.10. The lowest BCUT2D eigenvalue weighted by Crippen LogP contribution is -2.69. The number of aliphatic hydroxyl groups excluding tert-OH is 1. The second kappa shape index (κ2) is 7.49. The lowest BCUT2D eigenvalue weighted by atomic mass is 9.32. The van der Waals surface area contributed by atoms with E-state index in [4.69, 9.17) is 0 Å². The molecule has 1 amide bonds. The molecule has 0 spiro atoms. The Morgan fingerprint density at radius 1 is 0.853 bits per heavy atom. The molecule has 192 valence electrons. The molecule has 0 heterocycles. The van der Waals surface area contributed by atoms with Crippen LogP contribution >= 0.6 is 0 Å². The van der Waals surface area contributed by atoms with Gasteiger partial charge in [0.2, 0.25) is 0 Å². The van der Waals surface area contributed by atoms with Gasteiger partial charge >= 0.3 is 6.09 Å². The van der Waals surface area contributed by atoms with Crippen molar-refractivity contribution in [1.29, 1.82) is 0 Å². The van der Waals surface area contributed by atoms with E-state index in [9.17, 15) is 15.0 Å². The molecule has 0 saturated heterocycles. The number of hydrogen-bond acceptors (Lipinski definition) is 2. The number of nitrogens with one attached hydrogen (secondary N) is 1. The summed E-state index contributed by atoms with van der Waals surface area (Å²) in [4.78, 5) is 11.9. The van der Waals surface area contributed by atoms with Gasteiger partial charge in [0.1, 0.15) is 0 Å². The van der Waals surface area contributed by atoms with E-state index in [2.05, 4.69) is 53.4 Å². The Morgan fingerprint density at radius 2 is 1.56 bits per heavy atom. The number of hydrogen-bond donors (Lipinski definition) is 3. The second-order valence-corrected chi connectivity index (χ2v) is 14.6. The van der Waals surface area contributed by atoms with Crippen LogP contribution in [0.3, 0.4) is 0 Å². The van der Waals surface area contributed by atoms with Crippen molar-refractivity contribution in [1.82, 2.24) is 5.32 Å². The van der Waals surface area contributed by atoms with Crippen LogP contribution in [0.5, 0.6) is 0 Å². The first-order valence-electron chi connectivity index (χ1n) is 14.1. The minimum Gasteiger partial charge on any atom is -0.465 e. The van der Waals surface area contributed by atoms with Crippen molar-refractivity contribution >= 4 is 6.09 Å². The van der Waals surface area contributed by atoms with E-state index in [1.54, 1.807) is 0 Å². The molecule has 34 heavy (non-hydrogen) atoms. The van der Waals surface area contributed by atoms with Gasteiger partial charge in [-0.1, -0.05) is 46.8 Å². The SMILES string of the molecule is C=C(C)[C@@H]1CC[C@]2(NC(=O)O)CC[C@]3(C)[C@H](CC[C@@H]4[C@@]5(C)CC[C@H](O)C(C)(C)[C@@H]5CC[C@]43C)[C@@H]12. The monoisotopic (exact) mass is 471 g/mol. The third-order valence-electron chi connectivity index (χ3n) is 13.4. The topological polar surface area (TPSA) is 69.6 Å². The standard InChI is InChI=1S/C30H49NO3/c1-18(2)19-10-15-30(31-25(33)34)17-16-28(6)20(24(19)30)8-9-22-27(5)13-12-23(32)26(3,4)21(27)11-14-29(22,28)7/h19-24,31-32H,1,8-17H2,2-7H3,(H,33,34)/t19-,20+,21-,22+,23-,24+,27-,28+,29+,30-/m0/s1. The van der Waals surface area contributed by atoms with Crippen LogP contribution in [0.4, 0.5) is 4.79 Å². The van der Waals surface area contributed by atoms with Gasteiger partial charge in [0.05, 0.1) is 6.10 Å². The van der Waals surface area contributed by atoms with E-state index in [1.165, 1.54) is 31.3 Å². The van der Waals surface area contributed by atoms with E-state index in [0.717, 1.165) is 38.5 Å². The van der Waals surface area contributed by atoms with Crippen molar-refractivity contribution in [3.63, 3.8) is 0 Å². The first-order valence-corrected chi connectivity index (χ1v) is 14.1. The molecule has 3 N–H and O–H groups in total. The Bertz CT molecular complexity index is 882. The van der Waals surface area contributed by atoms with Crippen LogP contribution in [0, 0.1) is 51.2 Å². The summed E-state index contributed by atoms with van der Waals surface area (Å²) in [7, 11) is 0. The Kier molecular flexibility index (Phi) is 5.43. The molecule has 0 unspecified atom stereocenters. The molecule has 4 nitrogen and oxygen atoms in total. The van der Waals surface area contributed by atoms with E-state index in [0.29, 0.717) is 29.6 Å². The first kappa shape index (κ1) is 24.7. The molecule has 0 aliphatic heterocycles. The van der Waals surface area contributed by atoms with Crippen LogP contribution in [-0.2, 0) is 0 Å². The summed E-state index contributed by atoms with van der Waals surface area (Å²) >= 11 is 0. The summed E-state index contributed by atoms with van der Waals surface area (Å²) < 4.78 is 0. The third-order valence-corrected chi connectivity index (χ3v) is 13.4. The highest BCUT2D eigenvalue weighted by molar-refractivity contribution is 5.66. The molecule has 5 rings (SSSR count). The van der Waals surface area contributed by atoms with Gasteiger partial charge in [0.15, 0.2) is 0 Å². The quantitative estimate of drug-likeness (QED) is 0.379. The van der Waals surface area contributed by atoms with Crippen molar-refractivity contribution in [3.8, 4) is 0 Å². The van der Waals surface area contributed by atoms with Gasteiger partial charge in [0, 0.05) is 5.54 Å². The summed E-state index contributed by atoms with van der Waals surface area (Å²) in [6, 6.07) is 0. The second-order valence-electron chi connectivity index (χ2n) is 14.6. The van der Waals surface area contributed by atoms with E-state index in [1.807, 2.05) is 0 Å². The largest absolute Gasteiger partial charge is 0.465 e. The highest BCUT2D eigenvalue weighted by Gasteiger charge is 2.71. The van der Waals surface area contributed by atoms with Crippen LogP contribution in [-0.4, -0.2) is 27.9 Å². The van der Waals surface area contributed by atoms with Gasteiger partial charge in [-0.25, -0.2) is 4.79 Å². The summed E-state index contributed by atoms with van der Waals surface area (Å²) in [5, 5.41) is 23.8. The van der Waals surface area contributed by atoms with Crippen molar-refractivity contribution in [3.05, 3.63) is 12.2 Å². The lowest BCUT2D eigenvalue weighted by molar-refractivity contribution is -0.243. The number of carbonyl (C=O) groups is 1. The summed E-state index contributed by atoms with van der Waals surface area (Å²) in [5.74, 6) is 2.59. The zero-order chi connectivity index (χ0) is 24.9. The zero-order valence-corrected chi connectivity index (χ0v) is 22.5. The molecule has 5 saturated carbocycles. The number of allylic oxidation sites excluding steroid dienone is 1. The van der Waals surface area contributed by atoms with Gasteiger partial charge in [0.25, 0.3) is 0 Å². The minimum atomic E-state index is -0.855. The minimum absolute atomic E-state index is 0.0181. The van der Waals surface area contributed by atoms with Crippen molar-refractivity contribution in [2.24, 2.45) is 51.2 Å². The molecule has 0 aromatic carbocycles. The Balaban J connectivity index is 1.55. The molecule has 0 aromatic heterocycles. The van der Waals surface area contributed by atoms with Crippen molar-refractivity contribution in [2.45, 2.75) is 117 Å². The highest BCUT2D eigenvalue weighted by Crippen LogP contribution is 2.76.